The van der Waals surface area contributed by atoms with Crippen LogP contribution < -0.4 is 4.59 Å². The van der Waals surface area contributed by atoms with E-state index in [-0.39, 0.29) is 0 Å². The molecule has 0 radical (unpaired) electrons. The molecular weight excluding hydrogens is 296 g/mol. The number of hydrogen-bond acceptors (Lipinski definition) is 3. The van der Waals surface area contributed by atoms with E-state index in [1.165, 1.54) is 16.8 Å². The van der Waals surface area contributed by atoms with Crippen molar-refractivity contribution in [3.8, 4) is 0 Å². The summed E-state index contributed by atoms with van der Waals surface area (Å²) in [6, 6.07) is 19.2. The second-order valence-electron chi connectivity index (χ2n) is 6.44. The molecule has 0 saturated heterocycles. The lowest BCUT2D eigenvalue weighted by atomic mass is 10.1. The molecule has 4 nitrogen and oxygen atoms in total. The van der Waals surface area contributed by atoms with Crippen LogP contribution in [0.3, 0.4) is 0 Å². The van der Waals surface area contributed by atoms with E-state index >= 15 is 0 Å². The molecule has 0 bridgehead atoms. The average molecular weight is 319 g/mol. The number of rotatable bonds is 4. The van der Waals surface area contributed by atoms with E-state index in [1.807, 2.05) is 0 Å². The van der Waals surface area contributed by atoms with Gasteiger partial charge in [-0.3, -0.25) is 4.99 Å². The number of aryl methyl sites for hydroxylation is 1. The molecule has 2 heterocycles. The zero-order valence-electron chi connectivity index (χ0n) is 14.1. The lowest BCUT2D eigenvalue weighted by molar-refractivity contribution is 0.168. The Bertz CT molecular complexity index is 781. The summed E-state index contributed by atoms with van der Waals surface area (Å²) < 4.78 is 0.679. The van der Waals surface area contributed by atoms with Gasteiger partial charge in [-0.2, -0.15) is 5.01 Å². The van der Waals surface area contributed by atoms with Gasteiger partial charge in [0.15, 0.2) is 11.5 Å². The maximum atomic E-state index is 4.82. The fraction of sp³-hybridized carbons (Fsp3) is 0.300. The molecular formula is C20H23N4+. The van der Waals surface area contributed by atoms with Crippen molar-refractivity contribution in [3.05, 3.63) is 65.7 Å². The van der Waals surface area contributed by atoms with Crippen molar-refractivity contribution in [1.82, 2.24) is 9.60 Å². The predicted molar refractivity (Wildman–Crippen MR) is 100 cm³/mol. The Morgan fingerprint density at radius 3 is 2.54 bits per heavy atom. The van der Waals surface area contributed by atoms with Crippen LogP contribution in [0.5, 0.6) is 0 Å². The fourth-order valence-electron chi connectivity index (χ4n) is 3.75. The van der Waals surface area contributed by atoms with Crippen LogP contribution in [0.1, 0.15) is 11.1 Å². The summed E-state index contributed by atoms with van der Waals surface area (Å²) in [6.07, 6.45) is 2.98. The molecule has 4 rings (SSSR count). The maximum absolute atomic E-state index is 4.82. The average Bonchev–Trinajstić information content (AvgIpc) is 3.26. The number of nitrogens with zero attached hydrogens (tertiary/aromatic N) is 4. The summed E-state index contributed by atoms with van der Waals surface area (Å²) >= 11 is 0. The fourth-order valence-corrected chi connectivity index (χ4v) is 3.75. The summed E-state index contributed by atoms with van der Waals surface area (Å²) in [4.78, 5) is 9.41. The van der Waals surface area contributed by atoms with Crippen LogP contribution in [0.25, 0.3) is 0 Å². The van der Waals surface area contributed by atoms with Crippen LogP contribution in [0.2, 0.25) is 0 Å². The SMILES string of the molecule is Cc1ccccc1[N+]1(N2CCN=C2Cc2ccccc2)C=NCC1. The normalized spacial score (nSPS) is 22.9. The van der Waals surface area contributed by atoms with E-state index in [0.717, 1.165) is 38.4 Å². The highest BCUT2D eigenvalue weighted by Gasteiger charge is 2.43. The molecule has 1 unspecified atom stereocenters. The molecule has 1 atom stereocenters. The van der Waals surface area contributed by atoms with Crippen molar-refractivity contribution in [1.29, 1.82) is 0 Å². The third-order valence-corrected chi connectivity index (χ3v) is 4.92. The Balaban J connectivity index is 1.70. The first kappa shape index (κ1) is 15.1. The molecule has 0 aliphatic carbocycles. The van der Waals surface area contributed by atoms with Crippen LogP contribution >= 0.6 is 0 Å². The van der Waals surface area contributed by atoms with Gasteiger partial charge in [0.2, 0.25) is 6.34 Å². The summed E-state index contributed by atoms with van der Waals surface area (Å²) in [7, 11) is 0. The first-order valence-electron chi connectivity index (χ1n) is 8.60. The Labute approximate surface area is 143 Å². The van der Waals surface area contributed by atoms with Gasteiger partial charge < -0.3 is 0 Å². The maximum Gasteiger partial charge on any atom is 0.215 e. The number of para-hydroxylation sites is 1. The van der Waals surface area contributed by atoms with Crippen molar-refractivity contribution in [2.75, 3.05) is 26.2 Å². The van der Waals surface area contributed by atoms with Gasteiger partial charge in [-0.1, -0.05) is 48.5 Å². The van der Waals surface area contributed by atoms with Crippen LogP contribution in [0, 0.1) is 6.92 Å². The van der Waals surface area contributed by atoms with E-state index in [2.05, 4.69) is 77.9 Å². The van der Waals surface area contributed by atoms with Crippen molar-refractivity contribution in [2.24, 2.45) is 9.98 Å². The van der Waals surface area contributed by atoms with E-state index in [4.69, 9.17) is 4.99 Å². The first-order valence-corrected chi connectivity index (χ1v) is 8.60. The van der Waals surface area contributed by atoms with Crippen molar-refractivity contribution >= 4 is 17.9 Å². The number of hydrogen-bond donors (Lipinski definition) is 0. The topological polar surface area (TPSA) is 28.0 Å². The molecule has 24 heavy (non-hydrogen) atoms. The summed E-state index contributed by atoms with van der Waals surface area (Å²) in [6.45, 7) is 5.83. The van der Waals surface area contributed by atoms with Crippen molar-refractivity contribution in [2.45, 2.75) is 13.3 Å². The van der Waals surface area contributed by atoms with Crippen LogP contribution in [0.15, 0.2) is 64.6 Å². The number of quaternary nitrogens is 1. The smallest absolute Gasteiger partial charge is 0.215 e. The highest BCUT2D eigenvalue weighted by molar-refractivity contribution is 5.90. The van der Waals surface area contributed by atoms with E-state index in [9.17, 15) is 0 Å². The van der Waals surface area contributed by atoms with Gasteiger partial charge >= 0.3 is 0 Å². The molecule has 122 valence electrons. The lowest BCUT2D eigenvalue weighted by Crippen LogP contribution is -2.62. The van der Waals surface area contributed by atoms with Crippen molar-refractivity contribution < 1.29 is 0 Å². The minimum absolute atomic E-state index is 0.679. The number of benzene rings is 2. The van der Waals surface area contributed by atoms with E-state index < -0.39 is 0 Å². The minimum atomic E-state index is 0.679. The van der Waals surface area contributed by atoms with Gasteiger partial charge in [0.05, 0.1) is 19.6 Å². The number of aliphatic imine (C=N–C) groups is 2. The van der Waals surface area contributed by atoms with Gasteiger partial charge in [-0.05, 0) is 12.5 Å². The summed E-state index contributed by atoms with van der Waals surface area (Å²) in [5.41, 5.74) is 3.92. The van der Waals surface area contributed by atoms with E-state index in [0.29, 0.717) is 4.59 Å². The van der Waals surface area contributed by atoms with Gasteiger partial charge in [-0.25, -0.2) is 4.99 Å². The molecule has 2 aromatic carbocycles. The monoisotopic (exact) mass is 319 g/mol. The number of amidine groups is 1. The van der Waals surface area contributed by atoms with Crippen LogP contribution in [-0.2, 0) is 6.42 Å². The van der Waals surface area contributed by atoms with Crippen LogP contribution in [-0.4, -0.2) is 43.4 Å². The molecule has 2 aromatic rings. The van der Waals surface area contributed by atoms with E-state index in [1.54, 1.807) is 0 Å². The first-order chi connectivity index (χ1) is 11.8. The third-order valence-electron chi connectivity index (χ3n) is 4.92. The summed E-state index contributed by atoms with van der Waals surface area (Å²) in [5, 5.41) is 2.44. The molecule has 0 spiro atoms. The Morgan fingerprint density at radius 1 is 1.00 bits per heavy atom. The molecule has 2 aliphatic rings. The molecule has 4 heteroatoms. The Kier molecular flexibility index (Phi) is 3.90. The largest absolute Gasteiger partial charge is 0.266 e. The highest BCUT2D eigenvalue weighted by atomic mass is 15.8. The zero-order chi connectivity index (χ0) is 16.4. The van der Waals surface area contributed by atoms with Gasteiger partial charge in [0.1, 0.15) is 6.54 Å². The highest BCUT2D eigenvalue weighted by Crippen LogP contribution is 2.32. The second kappa shape index (κ2) is 6.21. The lowest BCUT2D eigenvalue weighted by Gasteiger charge is -2.39. The van der Waals surface area contributed by atoms with Gasteiger partial charge in [-0.15, -0.1) is 4.59 Å². The molecule has 0 fully saturated rings. The standard InChI is InChI=1S/C20H23N4/c1-17-7-5-6-10-19(17)24(14-12-21-16-24)23-13-11-22-20(23)15-18-8-3-2-4-9-18/h2-10,16H,11-15H2,1H3/q+1. The molecule has 2 aliphatic heterocycles. The van der Waals surface area contributed by atoms with Gasteiger partial charge in [0.25, 0.3) is 0 Å². The predicted octanol–water partition coefficient (Wildman–Crippen LogP) is 3.22. The molecule has 0 saturated carbocycles. The molecule has 0 amide bonds. The quantitative estimate of drug-likeness (QED) is 0.795. The molecule has 0 aromatic heterocycles. The minimum Gasteiger partial charge on any atom is -0.266 e. The zero-order valence-corrected chi connectivity index (χ0v) is 14.1. The Morgan fingerprint density at radius 2 is 1.79 bits per heavy atom. The van der Waals surface area contributed by atoms with Crippen LogP contribution in [0.4, 0.5) is 5.69 Å². The third kappa shape index (κ3) is 2.53. The molecule has 0 N–H and O–H groups in total. The summed E-state index contributed by atoms with van der Waals surface area (Å²) in [5.74, 6) is 1.16. The van der Waals surface area contributed by atoms with Crippen molar-refractivity contribution in [3.63, 3.8) is 0 Å². The van der Waals surface area contributed by atoms with Gasteiger partial charge in [0, 0.05) is 18.1 Å². The Hall–Kier alpha value is -2.46. The second-order valence-corrected chi connectivity index (χ2v) is 6.44.